The molecule has 0 bridgehead atoms. The van der Waals surface area contributed by atoms with Crippen molar-refractivity contribution in [2.45, 2.75) is 30.6 Å². The van der Waals surface area contributed by atoms with Gasteiger partial charge in [0, 0.05) is 56.6 Å². The van der Waals surface area contributed by atoms with Crippen LogP contribution in [-0.2, 0) is 17.1 Å². The average molecular weight is 495 g/mol. The van der Waals surface area contributed by atoms with E-state index in [9.17, 15) is 8.42 Å². The zero-order valence-electron chi connectivity index (χ0n) is 20.4. The SMILES string of the molecule is Cc1c(-c2cnn3c(Nc4cccc(S(=O)(=O)N(C)C)c4)cc(C4CCCNC4)nc23)cnn1C. The minimum absolute atomic E-state index is 0.224. The number of sulfonamides is 1. The Kier molecular flexibility index (Phi) is 6.07. The summed E-state index contributed by atoms with van der Waals surface area (Å²) < 4.78 is 30.1. The Balaban J connectivity index is 1.63. The van der Waals surface area contributed by atoms with Gasteiger partial charge in [-0.1, -0.05) is 6.07 Å². The molecule has 0 spiro atoms. The third kappa shape index (κ3) is 4.30. The molecule has 1 aliphatic heterocycles. The van der Waals surface area contributed by atoms with Crippen molar-refractivity contribution in [3.63, 3.8) is 0 Å². The molecule has 0 radical (unpaired) electrons. The van der Waals surface area contributed by atoms with Gasteiger partial charge >= 0.3 is 0 Å². The molecule has 1 unspecified atom stereocenters. The molecule has 35 heavy (non-hydrogen) atoms. The van der Waals surface area contributed by atoms with E-state index in [-0.39, 0.29) is 10.8 Å². The number of aryl methyl sites for hydroxylation is 1. The summed E-state index contributed by atoms with van der Waals surface area (Å²) in [5.74, 6) is 1.01. The normalized spacial score (nSPS) is 16.8. The molecule has 0 aliphatic carbocycles. The van der Waals surface area contributed by atoms with Gasteiger partial charge in [-0.15, -0.1) is 0 Å². The molecule has 1 aliphatic rings. The number of nitrogens with zero attached hydrogens (tertiary/aromatic N) is 6. The Morgan fingerprint density at radius 3 is 2.63 bits per heavy atom. The predicted molar refractivity (Wildman–Crippen MR) is 135 cm³/mol. The zero-order valence-corrected chi connectivity index (χ0v) is 21.2. The molecule has 0 saturated carbocycles. The zero-order chi connectivity index (χ0) is 24.7. The molecule has 1 saturated heterocycles. The molecule has 1 atom stereocenters. The monoisotopic (exact) mass is 494 g/mol. The highest BCUT2D eigenvalue weighted by Crippen LogP contribution is 2.32. The first-order chi connectivity index (χ1) is 16.8. The number of nitrogens with one attached hydrogen (secondary N) is 2. The Morgan fingerprint density at radius 2 is 1.94 bits per heavy atom. The summed E-state index contributed by atoms with van der Waals surface area (Å²) in [6, 6.07) is 8.83. The minimum Gasteiger partial charge on any atom is -0.340 e. The van der Waals surface area contributed by atoms with Crippen molar-refractivity contribution in [2.75, 3.05) is 32.5 Å². The predicted octanol–water partition coefficient (Wildman–Crippen LogP) is 2.90. The molecule has 3 aromatic heterocycles. The Morgan fingerprint density at radius 1 is 1.14 bits per heavy atom. The first-order valence-electron chi connectivity index (χ1n) is 11.6. The smallest absolute Gasteiger partial charge is 0.242 e. The molecule has 4 aromatic rings. The summed E-state index contributed by atoms with van der Waals surface area (Å²) in [6.45, 7) is 3.91. The second-order valence-corrected chi connectivity index (χ2v) is 11.3. The maximum Gasteiger partial charge on any atom is 0.242 e. The van der Waals surface area contributed by atoms with Crippen LogP contribution < -0.4 is 10.6 Å². The van der Waals surface area contributed by atoms with Crippen LogP contribution in [0.15, 0.2) is 47.6 Å². The number of benzene rings is 1. The van der Waals surface area contributed by atoms with Crippen molar-refractivity contribution in [2.24, 2.45) is 7.05 Å². The fourth-order valence-electron chi connectivity index (χ4n) is 4.43. The lowest BCUT2D eigenvalue weighted by molar-refractivity contribution is 0.455. The van der Waals surface area contributed by atoms with Gasteiger partial charge in [0.1, 0.15) is 5.82 Å². The molecule has 4 heterocycles. The topological polar surface area (TPSA) is 109 Å². The number of rotatable bonds is 6. The molecule has 5 rings (SSSR count). The Labute approximate surface area is 205 Å². The molecule has 1 aromatic carbocycles. The fraction of sp³-hybridized carbons (Fsp3) is 0.375. The fourth-order valence-corrected chi connectivity index (χ4v) is 5.38. The summed E-state index contributed by atoms with van der Waals surface area (Å²) in [6.07, 6.45) is 5.80. The molecule has 2 N–H and O–H groups in total. The van der Waals surface area contributed by atoms with Crippen molar-refractivity contribution < 1.29 is 8.42 Å². The van der Waals surface area contributed by atoms with Crippen LogP contribution in [0, 0.1) is 6.92 Å². The highest BCUT2D eigenvalue weighted by Gasteiger charge is 2.22. The number of hydrogen-bond donors (Lipinski definition) is 2. The molecule has 184 valence electrons. The van der Waals surface area contributed by atoms with Crippen molar-refractivity contribution >= 4 is 27.2 Å². The summed E-state index contributed by atoms with van der Waals surface area (Å²) in [5, 5.41) is 15.9. The summed E-state index contributed by atoms with van der Waals surface area (Å²) in [5.41, 5.74) is 5.30. The highest BCUT2D eigenvalue weighted by atomic mass is 32.2. The van der Waals surface area contributed by atoms with E-state index in [1.807, 2.05) is 43.2 Å². The molecular formula is C24H30N8O2S. The second kappa shape index (κ2) is 9.06. The lowest BCUT2D eigenvalue weighted by Crippen LogP contribution is -2.29. The van der Waals surface area contributed by atoms with Gasteiger partial charge in [-0.3, -0.25) is 4.68 Å². The van der Waals surface area contributed by atoms with Gasteiger partial charge in [0.15, 0.2) is 5.65 Å². The standard InChI is InChI=1S/C24H30N8O2S/c1-16-20(14-26-31(16)4)21-15-27-32-23(12-22(29-24(21)32)17-7-6-10-25-13-17)28-18-8-5-9-19(11-18)35(33,34)30(2)3/h5,8-9,11-12,14-15,17,25,28H,6-7,10,13H2,1-4H3. The summed E-state index contributed by atoms with van der Waals surface area (Å²) in [7, 11) is 1.41. The van der Waals surface area contributed by atoms with Crippen LogP contribution in [0.25, 0.3) is 16.8 Å². The maximum absolute atomic E-state index is 12.7. The van der Waals surface area contributed by atoms with Gasteiger partial charge in [0.25, 0.3) is 0 Å². The van der Waals surface area contributed by atoms with Crippen LogP contribution >= 0.6 is 0 Å². The van der Waals surface area contributed by atoms with Crippen molar-refractivity contribution in [3.05, 3.63) is 54.1 Å². The third-order valence-electron chi connectivity index (χ3n) is 6.62. The minimum atomic E-state index is -3.55. The van der Waals surface area contributed by atoms with E-state index in [1.54, 1.807) is 22.7 Å². The second-order valence-electron chi connectivity index (χ2n) is 9.11. The largest absolute Gasteiger partial charge is 0.340 e. The van der Waals surface area contributed by atoms with Crippen molar-refractivity contribution in [3.8, 4) is 11.1 Å². The highest BCUT2D eigenvalue weighted by molar-refractivity contribution is 7.89. The first-order valence-corrected chi connectivity index (χ1v) is 13.1. The van der Waals surface area contributed by atoms with E-state index in [2.05, 4.69) is 20.8 Å². The van der Waals surface area contributed by atoms with E-state index < -0.39 is 10.0 Å². The van der Waals surface area contributed by atoms with Gasteiger partial charge < -0.3 is 10.6 Å². The average Bonchev–Trinajstić information content (AvgIpc) is 3.42. The van der Waals surface area contributed by atoms with Crippen LogP contribution in [-0.4, -0.2) is 64.3 Å². The molecule has 0 amide bonds. The van der Waals surface area contributed by atoms with Gasteiger partial charge in [0.05, 0.1) is 28.5 Å². The number of piperidine rings is 1. The number of anilines is 2. The van der Waals surface area contributed by atoms with Crippen LogP contribution in [0.3, 0.4) is 0 Å². The number of aromatic nitrogens is 5. The lowest BCUT2D eigenvalue weighted by atomic mass is 9.96. The van der Waals surface area contributed by atoms with Crippen LogP contribution in [0.4, 0.5) is 11.5 Å². The summed E-state index contributed by atoms with van der Waals surface area (Å²) >= 11 is 0. The van der Waals surface area contributed by atoms with Gasteiger partial charge in [-0.05, 0) is 44.5 Å². The van der Waals surface area contributed by atoms with E-state index in [0.29, 0.717) is 5.69 Å². The first kappa shape index (κ1) is 23.5. The van der Waals surface area contributed by atoms with E-state index in [0.717, 1.165) is 59.9 Å². The van der Waals surface area contributed by atoms with Gasteiger partial charge in [-0.2, -0.15) is 14.7 Å². The van der Waals surface area contributed by atoms with Gasteiger partial charge in [-0.25, -0.2) is 17.7 Å². The Hall–Kier alpha value is -3.28. The Bertz CT molecular complexity index is 1480. The quantitative estimate of drug-likeness (QED) is 0.424. The lowest BCUT2D eigenvalue weighted by Gasteiger charge is -2.23. The maximum atomic E-state index is 12.7. The van der Waals surface area contributed by atoms with Crippen molar-refractivity contribution in [1.29, 1.82) is 0 Å². The third-order valence-corrected chi connectivity index (χ3v) is 8.43. The number of hydrogen-bond acceptors (Lipinski definition) is 7. The molecule has 10 nitrogen and oxygen atoms in total. The number of fused-ring (bicyclic) bond motifs is 1. The van der Waals surface area contributed by atoms with Gasteiger partial charge in [0.2, 0.25) is 10.0 Å². The van der Waals surface area contributed by atoms with Crippen LogP contribution in [0.5, 0.6) is 0 Å². The molecule has 11 heteroatoms. The van der Waals surface area contributed by atoms with Crippen molar-refractivity contribution in [1.82, 2.24) is 34.0 Å². The van der Waals surface area contributed by atoms with E-state index in [4.69, 9.17) is 4.98 Å². The van der Waals surface area contributed by atoms with E-state index in [1.165, 1.54) is 18.4 Å². The van der Waals surface area contributed by atoms with E-state index >= 15 is 0 Å². The molecule has 1 fully saturated rings. The summed E-state index contributed by atoms with van der Waals surface area (Å²) in [4.78, 5) is 5.27. The van der Waals surface area contributed by atoms with Crippen LogP contribution in [0.1, 0.15) is 30.1 Å². The van der Waals surface area contributed by atoms with Crippen LogP contribution in [0.2, 0.25) is 0 Å². The molecular weight excluding hydrogens is 464 g/mol.